The fourth-order valence-corrected chi connectivity index (χ4v) is 3.88. The minimum absolute atomic E-state index is 0.157. The number of fused-ring (bicyclic) bond motifs is 2. The van der Waals surface area contributed by atoms with Crippen molar-refractivity contribution < 1.29 is 14.7 Å². The average molecular weight is 318 g/mol. The molecule has 4 rings (SSSR count). The van der Waals surface area contributed by atoms with E-state index < -0.39 is 5.97 Å². The minimum Gasteiger partial charge on any atom is -0.481 e. The van der Waals surface area contributed by atoms with E-state index in [1.54, 1.807) is 0 Å². The van der Waals surface area contributed by atoms with Crippen LogP contribution in [-0.4, -0.2) is 16.9 Å². The van der Waals surface area contributed by atoms with Crippen LogP contribution < -0.4 is 0 Å². The first-order chi connectivity index (χ1) is 10.8. The van der Waals surface area contributed by atoms with E-state index in [4.69, 9.17) is 5.11 Å². The van der Waals surface area contributed by atoms with Crippen molar-refractivity contribution in [3.8, 4) is 0 Å². The molecule has 2 bridgehead atoms. The van der Waals surface area contributed by atoms with Crippen molar-refractivity contribution in [1.82, 2.24) is 0 Å². The zero-order valence-corrected chi connectivity index (χ0v) is 14.6. The highest BCUT2D eigenvalue weighted by Crippen LogP contribution is 2.43. The van der Waals surface area contributed by atoms with Crippen LogP contribution in [0.4, 0.5) is 0 Å². The summed E-state index contributed by atoms with van der Waals surface area (Å²) in [5.41, 5.74) is -0.157. The lowest BCUT2D eigenvalue weighted by atomic mass is 9.64. The average Bonchev–Trinajstić information content (AvgIpc) is 2.99. The largest absolute Gasteiger partial charge is 0.481 e. The van der Waals surface area contributed by atoms with Gasteiger partial charge in [-0.25, -0.2) is 0 Å². The molecule has 1 fully saturated rings. The Hall–Kier alpha value is -1.38. The topological polar surface area (TPSA) is 54.4 Å². The van der Waals surface area contributed by atoms with Gasteiger partial charge in [-0.3, -0.25) is 9.59 Å². The Kier molecular flexibility index (Phi) is 5.83. The van der Waals surface area contributed by atoms with Gasteiger partial charge in [0.2, 0.25) is 0 Å². The molecule has 128 valence electrons. The van der Waals surface area contributed by atoms with Crippen LogP contribution in [0.2, 0.25) is 0 Å². The Morgan fingerprint density at radius 1 is 1.09 bits per heavy atom. The molecular formula is C20H30O3. The molecule has 4 atom stereocenters. The highest BCUT2D eigenvalue weighted by molar-refractivity contribution is 5.86. The van der Waals surface area contributed by atoms with Gasteiger partial charge in [0.05, 0.1) is 6.42 Å². The normalized spacial score (nSPS) is 31.6. The maximum absolute atomic E-state index is 12.2. The van der Waals surface area contributed by atoms with Crippen molar-refractivity contribution in [1.29, 1.82) is 0 Å². The van der Waals surface area contributed by atoms with Crippen LogP contribution in [0.1, 0.15) is 59.3 Å². The van der Waals surface area contributed by atoms with Crippen LogP contribution in [0.5, 0.6) is 0 Å². The van der Waals surface area contributed by atoms with Crippen LogP contribution in [0.15, 0.2) is 24.3 Å². The second-order valence-corrected chi connectivity index (χ2v) is 8.21. The zero-order chi connectivity index (χ0) is 17.0. The third-order valence-electron chi connectivity index (χ3n) is 5.20. The Balaban J connectivity index is 0.000000185. The molecule has 0 aliphatic heterocycles. The molecule has 4 unspecified atom stereocenters. The fourth-order valence-electron chi connectivity index (χ4n) is 3.88. The number of carbonyl (C=O) groups is 2. The summed E-state index contributed by atoms with van der Waals surface area (Å²) in [6.07, 6.45) is 14.7. The maximum atomic E-state index is 12.2. The van der Waals surface area contributed by atoms with Gasteiger partial charge in [-0.2, -0.15) is 0 Å². The smallest absolute Gasteiger partial charge is 0.303 e. The minimum atomic E-state index is -0.688. The van der Waals surface area contributed by atoms with Crippen LogP contribution in [0, 0.1) is 29.1 Å². The number of carboxylic acids is 1. The Labute approximate surface area is 139 Å². The quantitative estimate of drug-likeness (QED) is 0.772. The predicted molar refractivity (Wildman–Crippen MR) is 92.0 cm³/mol. The van der Waals surface area contributed by atoms with E-state index in [0.717, 1.165) is 19.3 Å². The van der Waals surface area contributed by atoms with Crippen LogP contribution >= 0.6 is 0 Å². The zero-order valence-electron chi connectivity index (χ0n) is 14.6. The molecule has 0 aromatic rings. The maximum Gasteiger partial charge on any atom is 0.303 e. The third kappa shape index (κ3) is 5.05. The van der Waals surface area contributed by atoms with Gasteiger partial charge in [0, 0.05) is 11.3 Å². The van der Waals surface area contributed by atoms with E-state index in [0.29, 0.717) is 35.9 Å². The fraction of sp³-hybridized carbons (Fsp3) is 0.700. The molecule has 3 nitrogen and oxygen atoms in total. The number of aliphatic carboxylic acids is 1. The summed E-state index contributed by atoms with van der Waals surface area (Å²) in [5.74, 6) is 1.65. The van der Waals surface area contributed by atoms with Gasteiger partial charge in [-0.05, 0) is 49.9 Å². The monoisotopic (exact) mass is 318 g/mol. The third-order valence-corrected chi connectivity index (χ3v) is 5.20. The molecule has 1 saturated carbocycles. The molecule has 23 heavy (non-hydrogen) atoms. The summed E-state index contributed by atoms with van der Waals surface area (Å²) in [4.78, 5) is 22.3. The van der Waals surface area contributed by atoms with Gasteiger partial charge in [0.1, 0.15) is 5.78 Å². The SMILES string of the molecule is CC(C)(C)C(=O)C1CC2C=CC1CC2.O=C(O)CC1C=CCC1. The second kappa shape index (κ2) is 7.46. The van der Waals surface area contributed by atoms with Crippen LogP contribution in [0.25, 0.3) is 0 Å². The van der Waals surface area contributed by atoms with E-state index >= 15 is 0 Å². The molecule has 0 aromatic carbocycles. The first kappa shape index (κ1) is 18.0. The summed E-state index contributed by atoms with van der Waals surface area (Å²) in [5, 5.41) is 8.34. The van der Waals surface area contributed by atoms with Crippen molar-refractivity contribution in [2.45, 2.75) is 59.3 Å². The molecular weight excluding hydrogens is 288 g/mol. The van der Waals surface area contributed by atoms with E-state index in [1.165, 1.54) is 12.8 Å². The number of carbonyl (C=O) groups excluding carboxylic acids is 1. The van der Waals surface area contributed by atoms with Crippen molar-refractivity contribution in [2.24, 2.45) is 29.1 Å². The number of hydrogen-bond donors (Lipinski definition) is 1. The van der Waals surface area contributed by atoms with Gasteiger partial charge in [0.25, 0.3) is 0 Å². The standard InChI is InChI=1S/C13H20O.C7H10O2/c1-13(2,3)12(14)11-8-9-4-6-10(11)7-5-9;8-7(9)5-6-3-1-2-4-6/h4,6,9-11H,5,7-8H2,1-3H3;1,3,6H,2,4-5H2,(H,8,9). The lowest BCUT2D eigenvalue weighted by Gasteiger charge is -2.39. The number of allylic oxidation sites excluding steroid dienone is 4. The molecule has 0 spiro atoms. The van der Waals surface area contributed by atoms with E-state index in [-0.39, 0.29) is 5.41 Å². The number of ketones is 1. The van der Waals surface area contributed by atoms with Gasteiger partial charge >= 0.3 is 5.97 Å². The summed E-state index contributed by atoms with van der Waals surface area (Å²) < 4.78 is 0. The molecule has 1 N–H and O–H groups in total. The van der Waals surface area contributed by atoms with Crippen LogP contribution in [-0.2, 0) is 9.59 Å². The van der Waals surface area contributed by atoms with Crippen molar-refractivity contribution >= 4 is 11.8 Å². The Morgan fingerprint density at radius 2 is 1.83 bits per heavy atom. The molecule has 4 aliphatic rings. The van der Waals surface area contributed by atoms with Gasteiger partial charge in [-0.15, -0.1) is 0 Å². The van der Waals surface area contributed by atoms with Gasteiger partial charge < -0.3 is 5.11 Å². The van der Waals surface area contributed by atoms with E-state index in [1.807, 2.05) is 32.9 Å². The second-order valence-electron chi connectivity index (χ2n) is 8.21. The predicted octanol–water partition coefficient (Wildman–Crippen LogP) is 4.63. The summed E-state index contributed by atoms with van der Waals surface area (Å²) in [6.45, 7) is 6.13. The molecule has 0 radical (unpaired) electrons. The molecule has 0 aromatic heterocycles. The Morgan fingerprint density at radius 3 is 2.22 bits per heavy atom. The van der Waals surface area contributed by atoms with E-state index in [9.17, 15) is 9.59 Å². The number of rotatable bonds is 3. The highest BCUT2D eigenvalue weighted by atomic mass is 16.4. The molecule has 4 aliphatic carbocycles. The van der Waals surface area contributed by atoms with Crippen LogP contribution in [0.3, 0.4) is 0 Å². The Bertz CT molecular complexity index is 496. The number of hydrogen-bond acceptors (Lipinski definition) is 2. The summed E-state index contributed by atoms with van der Waals surface area (Å²) >= 11 is 0. The number of carboxylic acid groups (broad SMARTS) is 1. The summed E-state index contributed by atoms with van der Waals surface area (Å²) in [7, 11) is 0. The highest BCUT2D eigenvalue weighted by Gasteiger charge is 2.39. The lowest BCUT2D eigenvalue weighted by Crippen LogP contribution is -2.38. The number of Topliss-reactive ketones (excluding diaryl/α,β-unsaturated/α-hetero) is 1. The van der Waals surface area contributed by atoms with Gasteiger partial charge in [-0.1, -0.05) is 45.1 Å². The van der Waals surface area contributed by atoms with E-state index in [2.05, 4.69) is 12.2 Å². The van der Waals surface area contributed by atoms with Crippen molar-refractivity contribution in [3.63, 3.8) is 0 Å². The molecule has 0 heterocycles. The first-order valence-corrected chi connectivity index (χ1v) is 8.88. The first-order valence-electron chi connectivity index (χ1n) is 8.88. The molecule has 3 heteroatoms. The lowest BCUT2D eigenvalue weighted by molar-refractivity contribution is -0.137. The van der Waals surface area contributed by atoms with Crippen molar-refractivity contribution in [2.75, 3.05) is 0 Å². The van der Waals surface area contributed by atoms with Gasteiger partial charge in [0.15, 0.2) is 0 Å². The molecule has 0 amide bonds. The summed E-state index contributed by atoms with van der Waals surface area (Å²) in [6, 6.07) is 0. The van der Waals surface area contributed by atoms with Crippen molar-refractivity contribution in [3.05, 3.63) is 24.3 Å². The molecule has 0 saturated heterocycles.